The van der Waals surface area contributed by atoms with Gasteiger partial charge >= 0.3 is 0 Å². The fourth-order valence-corrected chi connectivity index (χ4v) is 5.02. The van der Waals surface area contributed by atoms with Gasteiger partial charge in [-0.15, -0.1) is 0 Å². The van der Waals surface area contributed by atoms with Gasteiger partial charge in [-0.3, -0.25) is 4.79 Å². The standard InChI is InChI=1S/C22H33FN2O/c1-21(2,3)16-6-10-19(11-7-16)25-14-12-22(13-15-25,20(24)26)17-4-8-18(23)9-5-17/h4-5,8-9,16,19H,6-7,10-15H2,1-3H3,(H2,24,26). The quantitative estimate of drug-likeness (QED) is 0.876. The number of nitrogens with two attached hydrogens (primary N) is 1. The average Bonchev–Trinajstić information content (AvgIpc) is 2.62. The van der Waals surface area contributed by atoms with E-state index in [1.807, 2.05) is 0 Å². The van der Waals surface area contributed by atoms with E-state index in [9.17, 15) is 9.18 Å². The third-order valence-corrected chi connectivity index (χ3v) is 6.96. The summed E-state index contributed by atoms with van der Waals surface area (Å²) in [6, 6.07) is 6.95. The van der Waals surface area contributed by atoms with Crippen LogP contribution in [0, 0.1) is 17.2 Å². The number of rotatable bonds is 3. The zero-order chi connectivity index (χ0) is 18.9. The molecule has 2 N–H and O–H groups in total. The summed E-state index contributed by atoms with van der Waals surface area (Å²) < 4.78 is 13.3. The maximum Gasteiger partial charge on any atom is 0.228 e. The Morgan fingerprint density at radius 2 is 1.62 bits per heavy atom. The van der Waals surface area contributed by atoms with Gasteiger partial charge in [0.1, 0.15) is 5.82 Å². The van der Waals surface area contributed by atoms with Gasteiger partial charge in [-0.05, 0) is 80.6 Å². The molecule has 0 atom stereocenters. The molecule has 1 heterocycles. The predicted molar refractivity (Wildman–Crippen MR) is 103 cm³/mol. The van der Waals surface area contributed by atoms with Gasteiger partial charge in [-0.2, -0.15) is 0 Å². The zero-order valence-electron chi connectivity index (χ0n) is 16.4. The third kappa shape index (κ3) is 3.80. The van der Waals surface area contributed by atoms with Crippen molar-refractivity contribution in [2.75, 3.05) is 13.1 Å². The molecule has 0 spiro atoms. The molecule has 0 radical (unpaired) electrons. The van der Waals surface area contributed by atoms with Gasteiger partial charge in [-0.1, -0.05) is 32.9 Å². The van der Waals surface area contributed by atoms with Gasteiger partial charge in [0.15, 0.2) is 0 Å². The minimum absolute atomic E-state index is 0.276. The van der Waals surface area contributed by atoms with E-state index in [2.05, 4.69) is 25.7 Å². The first kappa shape index (κ1) is 19.3. The van der Waals surface area contributed by atoms with Crippen molar-refractivity contribution in [1.82, 2.24) is 4.90 Å². The van der Waals surface area contributed by atoms with Crippen molar-refractivity contribution in [2.24, 2.45) is 17.1 Å². The molecule has 26 heavy (non-hydrogen) atoms. The van der Waals surface area contributed by atoms with Crippen LogP contribution in [-0.4, -0.2) is 29.9 Å². The van der Waals surface area contributed by atoms with E-state index in [0.717, 1.165) is 37.4 Å². The Hall–Kier alpha value is -1.42. The van der Waals surface area contributed by atoms with Crippen LogP contribution in [0.25, 0.3) is 0 Å². The summed E-state index contributed by atoms with van der Waals surface area (Å²) in [5.41, 5.74) is 6.43. The number of halogens is 1. The number of nitrogens with zero attached hydrogens (tertiary/aromatic N) is 1. The maximum absolute atomic E-state index is 13.3. The minimum atomic E-state index is -0.646. The van der Waals surface area contributed by atoms with Crippen LogP contribution in [0.4, 0.5) is 4.39 Å². The van der Waals surface area contributed by atoms with Crippen LogP contribution in [0.2, 0.25) is 0 Å². The predicted octanol–water partition coefficient (Wildman–Crippen LogP) is 4.25. The number of carbonyl (C=O) groups excluding carboxylic acids is 1. The first-order valence-electron chi connectivity index (χ1n) is 10.0. The summed E-state index contributed by atoms with van der Waals surface area (Å²) in [6.07, 6.45) is 6.55. The Morgan fingerprint density at radius 3 is 2.08 bits per heavy atom. The van der Waals surface area contributed by atoms with Crippen molar-refractivity contribution >= 4 is 5.91 Å². The van der Waals surface area contributed by atoms with Gasteiger partial charge in [-0.25, -0.2) is 4.39 Å². The van der Waals surface area contributed by atoms with Crippen molar-refractivity contribution in [2.45, 2.75) is 70.8 Å². The van der Waals surface area contributed by atoms with E-state index in [1.54, 1.807) is 12.1 Å². The molecule has 1 aliphatic carbocycles. The number of benzene rings is 1. The number of hydrogen-bond donors (Lipinski definition) is 1. The molecule has 4 heteroatoms. The molecule has 144 valence electrons. The smallest absolute Gasteiger partial charge is 0.228 e. The highest BCUT2D eigenvalue weighted by Crippen LogP contribution is 2.41. The summed E-state index contributed by atoms with van der Waals surface area (Å²) in [4.78, 5) is 14.9. The molecule has 1 saturated carbocycles. The highest BCUT2D eigenvalue weighted by molar-refractivity contribution is 5.86. The van der Waals surface area contributed by atoms with Crippen LogP contribution in [0.3, 0.4) is 0 Å². The molecule has 1 aromatic carbocycles. The Labute approximate surface area is 157 Å². The lowest BCUT2D eigenvalue weighted by Crippen LogP contribution is -2.53. The highest BCUT2D eigenvalue weighted by atomic mass is 19.1. The Bertz CT molecular complexity index is 619. The van der Waals surface area contributed by atoms with Crippen LogP contribution in [0.1, 0.15) is 64.9 Å². The Kier molecular flexibility index (Phi) is 5.43. The van der Waals surface area contributed by atoms with Crippen LogP contribution in [0.5, 0.6) is 0 Å². The lowest BCUT2D eigenvalue weighted by molar-refractivity contribution is -0.125. The largest absolute Gasteiger partial charge is 0.369 e. The van der Waals surface area contributed by atoms with Crippen molar-refractivity contribution in [3.63, 3.8) is 0 Å². The number of carbonyl (C=O) groups is 1. The van der Waals surface area contributed by atoms with E-state index in [1.165, 1.54) is 37.8 Å². The van der Waals surface area contributed by atoms with E-state index >= 15 is 0 Å². The molecule has 3 rings (SSSR count). The normalized spacial score (nSPS) is 27.2. The topological polar surface area (TPSA) is 46.3 Å². The molecule has 1 saturated heterocycles. The highest BCUT2D eigenvalue weighted by Gasteiger charge is 2.43. The lowest BCUT2D eigenvalue weighted by Gasteiger charge is -2.46. The summed E-state index contributed by atoms with van der Waals surface area (Å²) in [6.45, 7) is 8.84. The fourth-order valence-electron chi connectivity index (χ4n) is 5.02. The van der Waals surface area contributed by atoms with Crippen molar-refractivity contribution < 1.29 is 9.18 Å². The molecule has 0 unspecified atom stereocenters. The molecule has 1 aromatic rings. The molecule has 1 amide bonds. The second-order valence-corrected chi connectivity index (χ2v) is 9.36. The van der Waals surface area contributed by atoms with E-state index in [-0.39, 0.29) is 11.7 Å². The number of amides is 1. The average molecular weight is 361 g/mol. The fraction of sp³-hybridized carbons (Fsp3) is 0.682. The van der Waals surface area contributed by atoms with E-state index in [4.69, 9.17) is 5.73 Å². The van der Waals surface area contributed by atoms with Gasteiger partial charge < -0.3 is 10.6 Å². The second-order valence-electron chi connectivity index (χ2n) is 9.36. The van der Waals surface area contributed by atoms with Crippen LogP contribution < -0.4 is 5.73 Å². The van der Waals surface area contributed by atoms with E-state index in [0.29, 0.717) is 11.5 Å². The summed E-state index contributed by atoms with van der Waals surface area (Å²) in [5.74, 6) is 0.258. The number of hydrogen-bond acceptors (Lipinski definition) is 2. The van der Waals surface area contributed by atoms with Gasteiger partial charge in [0.05, 0.1) is 5.41 Å². The summed E-state index contributed by atoms with van der Waals surface area (Å²) >= 11 is 0. The molecular weight excluding hydrogens is 327 g/mol. The number of primary amides is 1. The summed E-state index contributed by atoms with van der Waals surface area (Å²) in [7, 11) is 0. The minimum Gasteiger partial charge on any atom is -0.369 e. The molecule has 2 fully saturated rings. The van der Waals surface area contributed by atoms with Gasteiger partial charge in [0, 0.05) is 6.04 Å². The second kappa shape index (κ2) is 7.30. The first-order valence-corrected chi connectivity index (χ1v) is 10.0. The third-order valence-electron chi connectivity index (χ3n) is 6.96. The molecule has 1 aliphatic heterocycles. The van der Waals surface area contributed by atoms with Crippen LogP contribution in [-0.2, 0) is 10.2 Å². The SMILES string of the molecule is CC(C)(C)C1CCC(N2CCC(C(N)=O)(c3ccc(F)cc3)CC2)CC1. The van der Waals surface area contributed by atoms with Crippen molar-refractivity contribution in [3.8, 4) is 0 Å². The summed E-state index contributed by atoms with van der Waals surface area (Å²) in [5, 5.41) is 0. The molecule has 0 bridgehead atoms. The van der Waals surface area contributed by atoms with Crippen LogP contribution >= 0.6 is 0 Å². The van der Waals surface area contributed by atoms with Gasteiger partial charge in [0.25, 0.3) is 0 Å². The number of likely N-dealkylation sites (tertiary alicyclic amines) is 1. The zero-order valence-corrected chi connectivity index (χ0v) is 16.4. The lowest BCUT2D eigenvalue weighted by atomic mass is 9.69. The Morgan fingerprint density at radius 1 is 1.08 bits per heavy atom. The van der Waals surface area contributed by atoms with Crippen molar-refractivity contribution in [1.29, 1.82) is 0 Å². The Balaban J connectivity index is 1.64. The molecule has 2 aliphatic rings. The van der Waals surface area contributed by atoms with Gasteiger partial charge in [0.2, 0.25) is 5.91 Å². The molecule has 3 nitrogen and oxygen atoms in total. The number of piperidine rings is 1. The van der Waals surface area contributed by atoms with Crippen LogP contribution in [0.15, 0.2) is 24.3 Å². The molecular formula is C22H33FN2O. The molecule has 0 aromatic heterocycles. The van der Waals surface area contributed by atoms with E-state index < -0.39 is 5.41 Å². The first-order chi connectivity index (χ1) is 12.2. The van der Waals surface area contributed by atoms with Crippen molar-refractivity contribution in [3.05, 3.63) is 35.6 Å². The maximum atomic E-state index is 13.3. The monoisotopic (exact) mass is 360 g/mol.